The molecule has 0 saturated carbocycles. The lowest BCUT2D eigenvalue weighted by Gasteiger charge is -2.10. The second-order valence-electron chi connectivity index (χ2n) is 3.16. The molecule has 0 aromatic heterocycles. The number of ether oxygens (including phenoxy) is 2. The maximum atomic E-state index is 11.1. The zero-order valence-electron chi connectivity index (χ0n) is 9.05. The summed E-state index contributed by atoms with van der Waals surface area (Å²) in [6.45, 7) is 0. The molecule has 7 nitrogen and oxygen atoms in total. The maximum absolute atomic E-state index is 11.1. The number of methoxy groups -OCH3 is 2. The van der Waals surface area contributed by atoms with Crippen LogP contribution in [-0.2, 0) is 9.59 Å². The van der Waals surface area contributed by atoms with Gasteiger partial charge in [0.05, 0.1) is 14.2 Å². The van der Waals surface area contributed by atoms with Crippen molar-refractivity contribution in [2.45, 2.75) is 0 Å². The Kier molecular flexibility index (Phi) is 2.51. The molecule has 1 aliphatic heterocycles. The molecule has 0 bridgehead atoms. The Labute approximate surface area is 95.0 Å². The molecule has 17 heavy (non-hydrogen) atoms. The summed E-state index contributed by atoms with van der Waals surface area (Å²) in [5, 5.41) is 9.81. The Morgan fingerprint density at radius 2 is 1.76 bits per heavy atom. The molecule has 0 fully saturated rings. The highest BCUT2D eigenvalue weighted by Crippen LogP contribution is 2.31. The van der Waals surface area contributed by atoms with E-state index in [1.54, 1.807) is 0 Å². The molecular formula is C10H8N2O5. The average Bonchev–Trinajstić information content (AvgIpc) is 2.31. The second kappa shape index (κ2) is 3.85. The molecule has 2 rings (SSSR count). The number of hydrogen-bond donors (Lipinski definition) is 1. The number of carbonyl (C=O) groups is 2. The molecule has 0 spiro atoms. The first-order valence-corrected chi connectivity index (χ1v) is 4.58. The number of benzene rings is 1. The van der Waals surface area contributed by atoms with Crippen molar-refractivity contribution in [1.82, 2.24) is 0 Å². The standard InChI is InChI=1S/C10H8N2O5/c1-16-5-3-4-6(7(13)8(5)17-2)12-10(15)9(14)11-4/h3,13H,1-2H3. The van der Waals surface area contributed by atoms with Crippen molar-refractivity contribution in [3.8, 4) is 17.2 Å². The van der Waals surface area contributed by atoms with Gasteiger partial charge in [0.1, 0.15) is 10.7 Å². The number of fused-ring (bicyclic) bond motifs is 1. The van der Waals surface area contributed by atoms with Gasteiger partial charge in [-0.1, -0.05) is 0 Å². The summed E-state index contributed by atoms with van der Waals surface area (Å²) in [6, 6.07) is 1.36. The Hall–Kier alpha value is -2.44. The van der Waals surface area contributed by atoms with Crippen LogP contribution in [0.15, 0.2) is 16.1 Å². The van der Waals surface area contributed by atoms with E-state index in [-0.39, 0.29) is 28.0 Å². The fourth-order valence-electron chi connectivity index (χ4n) is 1.45. The van der Waals surface area contributed by atoms with Gasteiger partial charge in [0.15, 0.2) is 11.5 Å². The third-order valence-corrected chi connectivity index (χ3v) is 2.22. The van der Waals surface area contributed by atoms with Gasteiger partial charge in [-0.2, -0.15) is 4.99 Å². The van der Waals surface area contributed by atoms with Gasteiger partial charge in [-0.25, -0.2) is 4.99 Å². The average molecular weight is 236 g/mol. The van der Waals surface area contributed by atoms with Crippen LogP contribution in [0.25, 0.3) is 0 Å². The van der Waals surface area contributed by atoms with E-state index in [2.05, 4.69) is 9.98 Å². The minimum atomic E-state index is -1.03. The molecule has 1 aliphatic rings. The van der Waals surface area contributed by atoms with E-state index in [0.717, 1.165) is 0 Å². The van der Waals surface area contributed by atoms with Crippen LogP contribution >= 0.6 is 0 Å². The summed E-state index contributed by atoms with van der Waals surface area (Å²) in [6.07, 6.45) is 0. The molecule has 1 aromatic carbocycles. The van der Waals surface area contributed by atoms with E-state index in [0.29, 0.717) is 0 Å². The van der Waals surface area contributed by atoms with Crippen molar-refractivity contribution < 1.29 is 24.2 Å². The third-order valence-electron chi connectivity index (χ3n) is 2.22. The lowest BCUT2D eigenvalue weighted by Crippen LogP contribution is -2.34. The Morgan fingerprint density at radius 1 is 1.12 bits per heavy atom. The number of nitrogens with zero attached hydrogens (tertiary/aromatic N) is 2. The molecule has 88 valence electrons. The monoisotopic (exact) mass is 236 g/mol. The second-order valence-corrected chi connectivity index (χ2v) is 3.16. The summed E-state index contributed by atoms with van der Waals surface area (Å²) < 4.78 is 9.88. The molecule has 1 N–H and O–H groups in total. The zero-order chi connectivity index (χ0) is 12.6. The number of rotatable bonds is 2. The van der Waals surface area contributed by atoms with Gasteiger partial charge >= 0.3 is 11.8 Å². The SMILES string of the molecule is COc1cc2c(c(O)c1OC)=NC(=O)C(=O)N=2. The van der Waals surface area contributed by atoms with Crippen molar-refractivity contribution in [2.24, 2.45) is 9.98 Å². The minimum absolute atomic E-state index is 0.0346. The summed E-state index contributed by atoms with van der Waals surface area (Å²) in [5.74, 6) is -2.16. The van der Waals surface area contributed by atoms with Crippen LogP contribution in [0.4, 0.5) is 0 Å². The first kappa shape index (κ1) is 11.1. The van der Waals surface area contributed by atoms with E-state index in [1.807, 2.05) is 0 Å². The highest BCUT2D eigenvalue weighted by atomic mass is 16.5. The largest absolute Gasteiger partial charge is 0.503 e. The molecule has 0 unspecified atom stereocenters. The van der Waals surface area contributed by atoms with Crippen LogP contribution in [-0.4, -0.2) is 31.1 Å². The van der Waals surface area contributed by atoms with Crippen molar-refractivity contribution in [3.63, 3.8) is 0 Å². The molecule has 0 saturated heterocycles. The summed E-state index contributed by atoms with van der Waals surface area (Å²) in [7, 11) is 2.70. The van der Waals surface area contributed by atoms with Crippen LogP contribution in [0.2, 0.25) is 0 Å². The molecule has 7 heteroatoms. The Morgan fingerprint density at radius 3 is 2.35 bits per heavy atom. The normalized spacial score (nSPS) is 13.5. The number of hydrogen-bond acceptors (Lipinski definition) is 5. The van der Waals surface area contributed by atoms with Crippen LogP contribution in [0.1, 0.15) is 0 Å². The van der Waals surface area contributed by atoms with Crippen LogP contribution in [0, 0.1) is 0 Å². The molecule has 0 radical (unpaired) electrons. The van der Waals surface area contributed by atoms with E-state index in [1.165, 1.54) is 20.3 Å². The van der Waals surface area contributed by atoms with E-state index >= 15 is 0 Å². The fourth-order valence-corrected chi connectivity index (χ4v) is 1.45. The van der Waals surface area contributed by atoms with Crippen molar-refractivity contribution in [1.29, 1.82) is 0 Å². The smallest absolute Gasteiger partial charge is 0.338 e. The predicted molar refractivity (Wildman–Crippen MR) is 53.5 cm³/mol. The van der Waals surface area contributed by atoms with Crippen molar-refractivity contribution in [3.05, 3.63) is 16.8 Å². The maximum Gasteiger partial charge on any atom is 0.338 e. The van der Waals surface area contributed by atoms with Crippen molar-refractivity contribution >= 4 is 11.8 Å². The third kappa shape index (κ3) is 1.61. The van der Waals surface area contributed by atoms with Gasteiger partial charge in [0.25, 0.3) is 0 Å². The molecule has 2 amide bonds. The van der Waals surface area contributed by atoms with Crippen LogP contribution in [0.3, 0.4) is 0 Å². The highest BCUT2D eigenvalue weighted by Gasteiger charge is 2.21. The summed E-state index contributed by atoms with van der Waals surface area (Å²) in [4.78, 5) is 29.1. The predicted octanol–water partition coefficient (Wildman–Crippen LogP) is -1.28. The lowest BCUT2D eigenvalue weighted by molar-refractivity contribution is -0.135. The van der Waals surface area contributed by atoms with E-state index in [9.17, 15) is 14.7 Å². The van der Waals surface area contributed by atoms with Gasteiger partial charge in [-0.3, -0.25) is 9.59 Å². The molecule has 0 aliphatic carbocycles. The fraction of sp³-hybridized carbons (Fsp3) is 0.200. The van der Waals surface area contributed by atoms with Crippen LogP contribution in [0.5, 0.6) is 17.2 Å². The molecular weight excluding hydrogens is 228 g/mol. The highest BCUT2D eigenvalue weighted by molar-refractivity contribution is 6.36. The van der Waals surface area contributed by atoms with E-state index < -0.39 is 11.8 Å². The van der Waals surface area contributed by atoms with Gasteiger partial charge in [-0.05, 0) is 0 Å². The number of phenolic OH excluding ortho intramolecular Hbond substituents is 1. The number of aromatic hydroxyl groups is 1. The molecule has 1 heterocycles. The number of amides is 2. The Balaban J connectivity index is 2.89. The summed E-state index contributed by atoms with van der Waals surface area (Å²) in [5.41, 5.74) is 0. The van der Waals surface area contributed by atoms with E-state index in [4.69, 9.17) is 9.47 Å². The minimum Gasteiger partial charge on any atom is -0.503 e. The first-order valence-electron chi connectivity index (χ1n) is 4.58. The molecule has 1 aromatic rings. The Bertz CT molecular complexity index is 635. The quantitative estimate of drug-likeness (QED) is 0.644. The number of carbonyl (C=O) groups excluding carboxylic acids is 2. The van der Waals surface area contributed by atoms with Crippen molar-refractivity contribution in [2.75, 3.05) is 14.2 Å². The van der Waals surface area contributed by atoms with Gasteiger partial charge in [-0.15, -0.1) is 0 Å². The topological polar surface area (TPSA) is 97.5 Å². The summed E-state index contributed by atoms with van der Waals surface area (Å²) >= 11 is 0. The zero-order valence-corrected chi connectivity index (χ0v) is 9.05. The molecule has 0 atom stereocenters. The van der Waals surface area contributed by atoms with Gasteiger partial charge in [0.2, 0.25) is 5.75 Å². The first-order chi connectivity index (χ1) is 8.08. The lowest BCUT2D eigenvalue weighted by atomic mass is 10.2. The van der Waals surface area contributed by atoms with Gasteiger partial charge < -0.3 is 14.6 Å². The van der Waals surface area contributed by atoms with Crippen LogP contribution < -0.4 is 20.2 Å². The number of phenols is 1. The van der Waals surface area contributed by atoms with Gasteiger partial charge in [0, 0.05) is 6.07 Å².